The van der Waals surface area contributed by atoms with Crippen LogP contribution in [0.15, 0.2) is 194 Å². The van der Waals surface area contributed by atoms with E-state index in [9.17, 15) is 52.7 Å². The van der Waals surface area contributed by atoms with E-state index in [0.717, 1.165) is 164 Å². The average molecular weight is 1510 g/mol. The normalized spacial score (nSPS) is 12.7. The van der Waals surface area contributed by atoms with Crippen molar-refractivity contribution in [3.05, 3.63) is 283 Å². The molecule has 0 heterocycles. The topological polar surface area (TPSA) is 18.5 Å². The fraction of sp³-hybridized carbons (Fsp3) is 0.292. The molecule has 10 aromatic rings. The van der Waals surface area contributed by atoms with Crippen LogP contribution in [0.3, 0.4) is 0 Å². The Labute approximate surface area is 639 Å². The van der Waals surface area contributed by atoms with E-state index in [2.05, 4.69) is 62.4 Å². The van der Waals surface area contributed by atoms with Crippen molar-refractivity contribution < 1.29 is 62.2 Å². The van der Waals surface area contributed by atoms with Gasteiger partial charge in [-0.2, -0.15) is 52.7 Å². The largest absolute Gasteiger partial charge is 0.493 e. The molecule has 10 aromatic carbocycles. The molecule has 574 valence electrons. The van der Waals surface area contributed by atoms with Crippen molar-refractivity contribution >= 4 is 94.5 Å². The van der Waals surface area contributed by atoms with Gasteiger partial charge in [-0.15, -0.1) is 0 Å². The first-order valence-corrected chi connectivity index (χ1v) is 38.4. The molecule has 0 fully saturated rings. The first-order chi connectivity index (χ1) is 52.9. The highest BCUT2D eigenvalue weighted by molar-refractivity contribution is 6.10. The number of benzene rings is 10. The lowest BCUT2D eigenvalue weighted by Crippen LogP contribution is -2.03. The number of hydrogen-bond acceptors (Lipinski definition) is 2. The zero-order valence-electron chi connectivity index (χ0n) is 62.3. The summed E-state index contributed by atoms with van der Waals surface area (Å²) >= 11 is 0. The summed E-state index contributed by atoms with van der Waals surface area (Å²) in [6.07, 6.45) is 27.6. The van der Waals surface area contributed by atoms with E-state index in [-0.39, 0.29) is 0 Å². The lowest BCUT2D eigenvalue weighted by Gasteiger charge is -2.20. The molecule has 0 bridgehead atoms. The second-order valence-corrected chi connectivity index (χ2v) is 28.2. The van der Waals surface area contributed by atoms with Gasteiger partial charge in [-0.1, -0.05) is 287 Å². The van der Waals surface area contributed by atoms with Crippen LogP contribution in [-0.4, -0.2) is 13.2 Å². The Hall–Kier alpha value is -10.1. The Bertz CT molecular complexity index is 4300. The van der Waals surface area contributed by atoms with Crippen molar-refractivity contribution in [3.8, 4) is 22.6 Å². The maximum atomic E-state index is 13.5. The summed E-state index contributed by atoms with van der Waals surface area (Å²) in [5.74, 6) is 1.43. The van der Waals surface area contributed by atoms with Gasteiger partial charge < -0.3 is 9.47 Å². The van der Waals surface area contributed by atoms with Crippen molar-refractivity contribution in [3.63, 3.8) is 0 Å². The van der Waals surface area contributed by atoms with E-state index in [4.69, 9.17) is 9.47 Å². The number of ether oxygens (including phenoxy) is 2. The molecule has 0 radical (unpaired) electrons. The van der Waals surface area contributed by atoms with E-state index < -0.39 is 47.0 Å². The van der Waals surface area contributed by atoms with Crippen molar-refractivity contribution in [2.75, 3.05) is 13.2 Å². The molecule has 0 saturated heterocycles. The van der Waals surface area contributed by atoms with Crippen LogP contribution in [0.2, 0.25) is 0 Å². The lowest BCUT2D eigenvalue weighted by atomic mass is 9.90. The van der Waals surface area contributed by atoms with Gasteiger partial charge in [-0.3, -0.25) is 0 Å². The molecule has 110 heavy (non-hydrogen) atoms. The minimum Gasteiger partial charge on any atom is -0.493 e. The Balaban J connectivity index is 1.01. The summed E-state index contributed by atoms with van der Waals surface area (Å²) in [5.41, 5.74) is 7.21. The summed E-state index contributed by atoms with van der Waals surface area (Å²) in [4.78, 5) is 0. The highest BCUT2D eigenvalue weighted by atomic mass is 19.4. The lowest BCUT2D eigenvalue weighted by molar-refractivity contribution is -0.138. The standard InChI is InChI=1S/C96H94F12O2/c1-3-5-7-9-11-13-15-17-19-21-59-109-89-57-45-81-67-73(27-33-79-63-75(29-23-69-35-47-83(48-36-69)93(97,98)99)61-76(64-79)30-24-70-37-49-84(50-38-70)94(100,101)102)43-55-87(81)91(89)92-88-56-44-74(68-82(88)46-58-90(92)110-60-22-20-18-16-14-12-10-8-6-4-2)28-34-80-65-77(31-25-71-39-51-85(52-40-71)95(103,104)105)62-78(66-80)32-26-72-41-53-86(54-42-72)96(106,107)108/h23-58,61-68H,3-22,59-60H2,1-2H3/b29-23+,30-24+,31-25+,32-26+,33-27+,34-28+. The van der Waals surface area contributed by atoms with E-state index in [0.29, 0.717) is 47.0 Å². The van der Waals surface area contributed by atoms with Crippen molar-refractivity contribution in [1.82, 2.24) is 0 Å². The second-order valence-electron chi connectivity index (χ2n) is 28.2. The summed E-state index contributed by atoms with van der Waals surface area (Å²) in [5, 5.41) is 3.74. The molecule has 2 nitrogen and oxygen atoms in total. The van der Waals surface area contributed by atoms with E-state index in [1.54, 1.807) is 48.6 Å². The molecule has 10 rings (SSSR count). The van der Waals surface area contributed by atoms with E-state index >= 15 is 0 Å². The number of fused-ring (bicyclic) bond motifs is 2. The van der Waals surface area contributed by atoms with Crippen LogP contribution in [0.25, 0.3) is 106 Å². The summed E-state index contributed by atoms with van der Waals surface area (Å²) in [7, 11) is 0. The minimum absolute atomic E-state index is 0.503. The summed E-state index contributed by atoms with van der Waals surface area (Å²) in [6.45, 7) is 5.47. The summed E-state index contributed by atoms with van der Waals surface area (Å²) in [6, 6.07) is 51.9. The second kappa shape index (κ2) is 40.0. The molecule has 0 spiro atoms. The molecule has 0 unspecified atom stereocenters. The van der Waals surface area contributed by atoms with Gasteiger partial charge in [0.2, 0.25) is 0 Å². The average Bonchev–Trinajstić information content (AvgIpc) is 0.747. The van der Waals surface area contributed by atoms with Crippen molar-refractivity contribution in [2.24, 2.45) is 0 Å². The molecule has 14 heteroatoms. The monoisotopic (exact) mass is 1510 g/mol. The Morgan fingerprint density at radius 2 is 0.427 bits per heavy atom. The Kier molecular flexibility index (Phi) is 30.0. The van der Waals surface area contributed by atoms with Crippen LogP contribution in [-0.2, 0) is 24.7 Å². The fourth-order valence-electron chi connectivity index (χ4n) is 13.4. The van der Waals surface area contributed by atoms with E-state index in [1.165, 1.54) is 138 Å². The Morgan fingerprint density at radius 1 is 0.218 bits per heavy atom. The van der Waals surface area contributed by atoms with Crippen molar-refractivity contribution in [1.29, 1.82) is 0 Å². The van der Waals surface area contributed by atoms with Gasteiger partial charge in [0.25, 0.3) is 0 Å². The SMILES string of the molecule is CCCCCCCCCCCCOc1ccc2cc(/C=C/c3cc(/C=C/c4ccc(C(F)(F)F)cc4)cc(/C=C/c4ccc(C(F)(F)F)cc4)c3)ccc2c1-c1c(OCCCCCCCCCCCC)ccc2cc(/C=C/c3cc(/C=C/c4ccc(C(F)(F)F)cc4)cc(/C=C/c4ccc(C(F)(F)F)cc4)c3)ccc12. The van der Waals surface area contributed by atoms with Crippen LogP contribution in [0.4, 0.5) is 52.7 Å². The highest BCUT2D eigenvalue weighted by Crippen LogP contribution is 2.47. The number of halogens is 12. The molecule has 0 aliphatic carbocycles. The molecule has 0 N–H and O–H groups in total. The molecule has 0 saturated carbocycles. The maximum absolute atomic E-state index is 13.5. The number of alkyl halides is 12. The van der Waals surface area contributed by atoms with Crippen LogP contribution < -0.4 is 9.47 Å². The van der Waals surface area contributed by atoms with Gasteiger partial charge in [-0.05, 0) is 210 Å². The minimum atomic E-state index is -4.49. The van der Waals surface area contributed by atoms with Crippen LogP contribution in [0.5, 0.6) is 11.5 Å². The highest BCUT2D eigenvalue weighted by Gasteiger charge is 2.33. The smallest absolute Gasteiger partial charge is 0.416 e. The first-order valence-electron chi connectivity index (χ1n) is 38.4. The molecule has 0 aliphatic rings. The predicted octanol–water partition coefficient (Wildman–Crippen LogP) is 31.4. The summed E-state index contributed by atoms with van der Waals surface area (Å²) < 4.78 is 176. The molecular weight excluding hydrogens is 1410 g/mol. The third-order valence-electron chi connectivity index (χ3n) is 19.5. The van der Waals surface area contributed by atoms with Crippen molar-refractivity contribution in [2.45, 2.75) is 167 Å². The van der Waals surface area contributed by atoms with Gasteiger partial charge in [0.1, 0.15) is 11.5 Å². The molecule has 0 aromatic heterocycles. The van der Waals surface area contributed by atoms with Gasteiger partial charge in [0.15, 0.2) is 0 Å². The zero-order valence-corrected chi connectivity index (χ0v) is 62.3. The van der Waals surface area contributed by atoms with Gasteiger partial charge in [0, 0.05) is 11.1 Å². The molecule has 0 aliphatic heterocycles. The number of hydrogen-bond donors (Lipinski definition) is 0. The third-order valence-corrected chi connectivity index (χ3v) is 19.5. The quantitative estimate of drug-likeness (QED) is 0.0219. The third kappa shape index (κ3) is 25.5. The predicted molar refractivity (Wildman–Crippen MR) is 434 cm³/mol. The van der Waals surface area contributed by atoms with Crippen LogP contribution in [0, 0.1) is 0 Å². The molecule has 0 atom stereocenters. The maximum Gasteiger partial charge on any atom is 0.416 e. The van der Waals surface area contributed by atoms with Gasteiger partial charge in [-0.25, -0.2) is 0 Å². The number of unbranched alkanes of at least 4 members (excludes halogenated alkanes) is 18. The molecular formula is C96H94F12O2. The fourth-order valence-corrected chi connectivity index (χ4v) is 13.4. The van der Waals surface area contributed by atoms with Gasteiger partial charge in [0.05, 0.1) is 35.5 Å². The first kappa shape index (κ1) is 82.4. The van der Waals surface area contributed by atoms with Gasteiger partial charge >= 0.3 is 24.7 Å². The molecule has 0 amide bonds. The Morgan fingerprint density at radius 3 is 0.664 bits per heavy atom. The van der Waals surface area contributed by atoms with Crippen LogP contribution in [0.1, 0.15) is 231 Å². The van der Waals surface area contributed by atoms with E-state index in [1.807, 2.05) is 72.8 Å². The number of rotatable bonds is 37. The zero-order chi connectivity index (χ0) is 77.9. The van der Waals surface area contributed by atoms with Crippen LogP contribution >= 0.6 is 0 Å².